The highest BCUT2D eigenvalue weighted by atomic mass is 32.3. The maximum atomic E-state index is 15.2. The third kappa shape index (κ3) is 7.34. The Morgan fingerprint density at radius 1 is 1.13 bits per heavy atom. The molecule has 2 unspecified atom stereocenters. The van der Waals surface area contributed by atoms with Gasteiger partial charge in [0, 0.05) is 41.2 Å². The van der Waals surface area contributed by atoms with Crippen LogP contribution in [0.3, 0.4) is 0 Å². The molecule has 3 aromatic rings. The minimum absolute atomic E-state index is 0.0155. The van der Waals surface area contributed by atoms with Crippen LogP contribution in [0.2, 0.25) is 0 Å². The van der Waals surface area contributed by atoms with Gasteiger partial charge in [0.1, 0.15) is 5.82 Å². The summed E-state index contributed by atoms with van der Waals surface area (Å²) in [7, 11) is -1.08. The molecular formula is C36H52FN5O3S. The zero-order chi connectivity index (χ0) is 34.1. The molecule has 0 bridgehead atoms. The number of benzene rings is 2. The minimum atomic E-state index is -1.08. The van der Waals surface area contributed by atoms with Gasteiger partial charge >= 0.3 is 0 Å². The summed E-state index contributed by atoms with van der Waals surface area (Å²) in [6, 6.07) is 13.4. The fraction of sp³-hybridized carbons (Fsp3) is 0.528. The maximum Gasteiger partial charge on any atom is 0.237 e. The molecule has 0 aliphatic carbocycles. The van der Waals surface area contributed by atoms with Gasteiger partial charge in [-0.25, -0.2) is 4.39 Å². The SMILES string of the molecule is CC(C)(C)S(C)(C)OCCn1ccc(NC=O)n1.Cc1ccc2c(c1)NC(=O)[C@@]21C(CC(C)(C)C)NCC1c1cccc(C)c1F. The van der Waals surface area contributed by atoms with Gasteiger partial charge in [-0.2, -0.15) is 5.10 Å². The van der Waals surface area contributed by atoms with Crippen molar-refractivity contribution in [1.82, 2.24) is 15.1 Å². The van der Waals surface area contributed by atoms with E-state index in [-0.39, 0.29) is 33.8 Å². The largest absolute Gasteiger partial charge is 0.335 e. The number of nitrogens with one attached hydrogen (secondary N) is 3. The van der Waals surface area contributed by atoms with Crippen molar-refractivity contribution in [1.29, 1.82) is 0 Å². The second-order valence-electron chi connectivity index (χ2n) is 15.0. The van der Waals surface area contributed by atoms with Crippen molar-refractivity contribution >= 4 is 34.1 Å². The van der Waals surface area contributed by atoms with Gasteiger partial charge in [-0.1, -0.05) is 71.9 Å². The van der Waals surface area contributed by atoms with E-state index in [0.717, 1.165) is 23.2 Å². The Morgan fingerprint density at radius 3 is 2.50 bits per heavy atom. The molecular weight excluding hydrogens is 601 g/mol. The third-order valence-corrected chi connectivity index (χ3v) is 13.1. The van der Waals surface area contributed by atoms with E-state index in [1.165, 1.54) is 0 Å². The smallest absolute Gasteiger partial charge is 0.237 e. The number of halogens is 1. The van der Waals surface area contributed by atoms with E-state index in [4.69, 9.17) is 4.18 Å². The van der Waals surface area contributed by atoms with Crippen LogP contribution < -0.4 is 16.0 Å². The number of carbonyl (C=O) groups excluding carboxylic acids is 2. The molecule has 2 aromatic carbocycles. The molecule has 252 valence electrons. The van der Waals surface area contributed by atoms with E-state index in [1.54, 1.807) is 23.7 Å². The first-order valence-electron chi connectivity index (χ1n) is 15.9. The fourth-order valence-electron chi connectivity index (χ4n) is 6.27. The molecule has 5 rings (SSSR count). The van der Waals surface area contributed by atoms with Crippen molar-refractivity contribution < 1.29 is 18.2 Å². The number of rotatable bonds is 8. The molecule has 10 heteroatoms. The molecule has 2 amide bonds. The lowest BCUT2D eigenvalue weighted by molar-refractivity contribution is -0.122. The Kier molecular flexibility index (Phi) is 10.5. The molecule has 3 N–H and O–H groups in total. The van der Waals surface area contributed by atoms with Gasteiger partial charge in [0.25, 0.3) is 0 Å². The minimum Gasteiger partial charge on any atom is -0.335 e. The topological polar surface area (TPSA) is 97.3 Å². The van der Waals surface area contributed by atoms with Crippen LogP contribution in [0.4, 0.5) is 15.9 Å². The summed E-state index contributed by atoms with van der Waals surface area (Å²) in [5.74, 6) is 0.104. The number of nitrogens with zero attached hydrogens (tertiary/aromatic N) is 2. The maximum absolute atomic E-state index is 15.2. The number of aryl methyl sites for hydroxylation is 2. The zero-order valence-electron chi connectivity index (χ0n) is 29.1. The lowest BCUT2D eigenvalue weighted by Gasteiger charge is -2.43. The van der Waals surface area contributed by atoms with Gasteiger partial charge in [0.15, 0.2) is 5.82 Å². The van der Waals surface area contributed by atoms with Crippen molar-refractivity contribution in [3.05, 3.63) is 76.7 Å². The van der Waals surface area contributed by atoms with Gasteiger partial charge in [0.2, 0.25) is 12.3 Å². The normalized spacial score (nSPS) is 21.4. The number of hydrogen-bond donors (Lipinski definition) is 3. The van der Waals surface area contributed by atoms with Crippen LogP contribution in [0.25, 0.3) is 0 Å². The van der Waals surface area contributed by atoms with Crippen LogP contribution in [0.5, 0.6) is 0 Å². The van der Waals surface area contributed by atoms with Gasteiger partial charge < -0.3 is 20.1 Å². The number of hydrogen-bond acceptors (Lipinski definition) is 5. The average Bonchev–Trinajstić information content (AvgIpc) is 3.62. The van der Waals surface area contributed by atoms with Crippen LogP contribution in [-0.4, -0.2) is 58.5 Å². The predicted octanol–water partition coefficient (Wildman–Crippen LogP) is 7.07. The standard InChI is InChI=1S/C24H29FN2O.C12H23N3O2S/c1-14-9-10-17-19(11-14)27-22(28)24(17)18(13-26-20(24)12-23(3,4)5)16-8-6-7-15(2)21(16)25;1-12(2,3)18(4,5)17-9-8-15-7-6-11(14-15)13-10-16/h6-11,18,20,26H,12-13H2,1-5H3,(H,27,28);6-7,10H,8-9H2,1-5H3,(H,13,14,16)/t18?,20?,24-;/m0./s1. The molecule has 1 fully saturated rings. The molecule has 2 aliphatic rings. The van der Waals surface area contributed by atoms with E-state index < -0.39 is 15.7 Å². The third-order valence-electron chi connectivity index (χ3n) is 9.35. The van der Waals surface area contributed by atoms with E-state index in [9.17, 15) is 9.59 Å². The first-order chi connectivity index (χ1) is 21.4. The van der Waals surface area contributed by atoms with E-state index >= 15 is 4.39 Å². The lowest BCUT2D eigenvalue weighted by Crippen LogP contribution is -2.49. The van der Waals surface area contributed by atoms with Crippen LogP contribution in [0.1, 0.15) is 76.1 Å². The molecule has 2 aliphatic heterocycles. The number of amides is 2. The summed E-state index contributed by atoms with van der Waals surface area (Å²) >= 11 is 0. The molecule has 46 heavy (non-hydrogen) atoms. The first kappa shape index (κ1) is 35.6. The molecule has 1 saturated heterocycles. The quantitative estimate of drug-likeness (QED) is 0.226. The van der Waals surface area contributed by atoms with E-state index in [2.05, 4.69) is 87.2 Å². The Morgan fingerprint density at radius 2 is 1.85 bits per heavy atom. The molecule has 1 aromatic heterocycles. The first-order valence-corrected chi connectivity index (χ1v) is 18.3. The average molecular weight is 654 g/mol. The van der Waals surface area contributed by atoms with Crippen molar-refractivity contribution in [2.75, 3.05) is 36.3 Å². The summed E-state index contributed by atoms with van der Waals surface area (Å²) in [5, 5.41) is 13.4. The molecule has 3 heterocycles. The summed E-state index contributed by atoms with van der Waals surface area (Å²) in [5.41, 5.74) is 3.46. The van der Waals surface area contributed by atoms with Crippen molar-refractivity contribution in [3.63, 3.8) is 0 Å². The monoisotopic (exact) mass is 653 g/mol. The van der Waals surface area contributed by atoms with E-state index in [0.29, 0.717) is 43.1 Å². The van der Waals surface area contributed by atoms with Gasteiger partial charge in [0.05, 0.1) is 18.6 Å². The molecule has 0 saturated carbocycles. The van der Waals surface area contributed by atoms with Gasteiger partial charge in [-0.05, 0) is 66.5 Å². The molecule has 0 radical (unpaired) electrons. The second kappa shape index (κ2) is 13.5. The Bertz CT molecular complexity index is 1560. The highest BCUT2D eigenvalue weighted by molar-refractivity contribution is 8.29. The van der Waals surface area contributed by atoms with Crippen LogP contribution in [0.15, 0.2) is 48.7 Å². The van der Waals surface area contributed by atoms with E-state index in [1.807, 2.05) is 31.3 Å². The lowest BCUT2D eigenvalue weighted by atomic mass is 9.63. The molecule has 1 spiro atoms. The Labute approximate surface area is 275 Å². The number of anilines is 2. The van der Waals surface area contributed by atoms with Gasteiger partial charge in [-0.15, -0.1) is 10.3 Å². The number of aromatic nitrogens is 2. The van der Waals surface area contributed by atoms with Crippen LogP contribution >= 0.6 is 10.3 Å². The Balaban J connectivity index is 0.000000232. The number of fused-ring (bicyclic) bond motifs is 2. The van der Waals surface area contributed by atoms with Crippen molar-refractivity contribution in [2.24, 2.45) is 5.41 Å². The van der Waals surface area contributed by atoms with Crippen LogP contribution in [-0.2, 0) is 25.7 Å². The van der Waals surface area contributed by atoms with Crippen molar-refractivity contribution in [2.45, 2.75) is 90.5 Å². The highest BCUT2D eigenvalue weighted by Gasteiger charge is 2.61. The Hall–Kier alpha value is -3.21. The van der Waals surface area contributed by atoms with Gasteiger partial charge in [-0.3, -0.25) is 14.3 Å². The van der Waals surface area contributed by atoms with Crippen molar-refractivity contribution in [3.8, 4) is 0 Å². The zero-order valence-corrected chi connectivity index (χ0v) is 29.9. The highest BCUT2D eigenvalue weighted by Crippen LogP contribution is 2.55. The second-order valence-corrected chi connectivity index (χ2v) is 18.9. The fourth-order valence-corrected chi connectivity index (χ4v) is 7.11. The summed E-state index contributed by atoms with van der Waals surface area (Å²) in [6.07, 6.45) is 7.63. The molecule has 8 nitrogen and oxygen atoms in total. The summed E-state index contributed by atoms with van der Waals surface area (Å²) in [6.45, 7) is 18.9. The number of carbonyl (C=O) groups is 2. The van der Waals surface area contributed by atoms with Crippen LogP contribution in [0, 0.1) is 25.1 Å². The summed E-state index contributed by atoms with van der Waals surface area (Å²) < 4.78 is 23.1. The summed E-state index contributed by atoms with van der Waals surface area (Å²) in [4.78, 5) is 23.8. The predicted molar refractivity (Wildman–Crippen MR) is 188 cm³/mol. The molecule has 3 atom stereocenters.